The smallest absolute Gasteiger partial charge is 0.187 e. The van der Waals surface area contributed by atoms with Gasteiger partial charge in [-0.25, -0.2) is 0 Å². The molecule has 31 rings (SSSR count). The molecular weight excluding hydrogens is 1580 g/mol. The Balaban J connectivity index is 1.06. The molecule has 0 N–H and O–H groups in total. The Labute approximate surface area is 691 Å². The van der Waals surface area contributed by atoms with E-state index in [-0.39, 0.29) is 59.5 Å². The molecule has 30 fully saturated rings. The molecule has 30 heterocycles. The van der Waals surface area contributed by atoms with E-state index < -0.39 is 246 Å². The minimum absolute atomic E-state index is 0.0625. The van der Waals surface area contributed by atoms with E-state index in [1.165, 1.54) is 164 Å². The number of hydrogen-bond donors (Lipinski definition) is 0. The average molecular weight is 1710 g/mol. The first-order chi connectivity index (χ1) is 57.5. The predicted molar refractivity (Wildman–Crippen MR) is 400 cm³/mol. The van der Waals surface area contributed by atoms with Gasteiger partial charge in [0.1, 0.15) is 195 Å². The molecule has 40 nitrogen and oxygen atoms in total. The van der Waals surface area contributed by atoms with Crippen molar-refractivity contribution in [2.75, 3.05) is 216 Å². The maximum absolute atomic E-state index is 7.22. The van der Waals surface area contributed by atoms with Crippen LogP contribution in [0, 0.1) is 0 Å². The summed E-state index contributed by atoms with van der Waals surface area (Å²) in [4.78, 5) is 0. The molecule has 1 aromatic rings. The van der Waals surface area contributed by atoms with Crippen molar-refractivity contribution in [1.82, 2.24) is 0 Å². The van der Waals surface area contributed by atoms with Crippen LogP contribution in [0.2, 0.25) is 0 Å². The maximum atomic E-state index is 7.22. The van der Waals surface area contributed by atoms with Gasteiger partial charge in [-0.2, -0.15) is 0 Å². The van der Waals surface area contributed by atoms with Crippen molar-refractivity contribution in [1.29, 1.82) is 0 Å². The van der Waals surface area contributed by atoms with Crippen molar-refractivity contribution < 1.29 is 189 Å². The number of rotatable bonds is 34. The van der Waals surface area contributed by atoms with Gasteiger partial charge >= 0.3 is 0 Å². The van der Waals surface area contributed by atoms with Gasteiger partial charge in [-0.15, -0.1) is 0 Å². The summed E-state index contributed by atoms with van der Waals surface area (Å²) in [5, 5.41) is 0. The van der Waals surface area contributed by atoms with E-state index in [0.717, 1.165) is 5.56 Å². The zero-order valence-electron chi connectivity index (χ0n) is 72.2. The first kappa shape index (κ1) is 97.8. The van der Waals surface area contributed by atoms with Crippen LogP contribution in [-0.2, 0) is 196 Å². The van der Waals surface area contributed by atoms with Crippen molar-refractivity contribution in [3.8, 4) is 0 Å². The van der Waals surface area contributed by atoms with Crippen molar-refractivity contribution >= 4 is 0 Å². The van der Waals surface area contributed by atoms with Crippen LogP contribution in [-0.4, -0.2) is 462 Å². The lowest BCUT2D eigenvalue weighted by Crippen LogP contribution is -2.70. The third kappa shape index (κ3) is 21.9. The van der Waals surface area contributed by atoms with E-state index in [9.17, 15) is 0 Å². The van der Waals surface area contributed by atoms with Gasteiger partial charge in [0.15, 0.2) is 50.3 Å². The van der Waals surface area contributed by atoms with Gasteiger partial charge in [-0.1, -0.05) is 30.3 Å². The lowest BCUT2D eigenvalue weighted by molar-refractivity contribution is -0.410. The Morgan fingerprint density at radius 1 is 0.178 bits per heavy atom. The lowest BCUT2D eigenvalue weighted by atomic mass is 9.94. The van der Waals surface area contributed by atoms with Gasteiger partial charge in [0.05, 0.1) is 59.5 Å². The molecule has 0 amide bonds. The Morgan fingerprint density at radius 2 is 0.322 bits per heavy atom. The molecule has 684 valence electrons. The van der Waals surface area contributed by atoms with Crippen molar-refractivity contribution in [3.05, 3.63) is 35.9 Å². The maximum Gasteiger partial charge on any atom is 0.187 e. The molecule has 0 radical (unpaired) electrons. The summed E-state index contributed by atoms with van der Waals surface area (Å²) in [5.74, 6) is 0. The van der Waals surface area contributed by atoms with E-state index in [0.29, 0.717) is 0 Å². The van der Waals surface area contributed by atoms with Gasteiger partial charge in [-0.3, -0.25) is 0 Å². The van der Waals surface area contributed by atoms with Gasteiger partial charge in [0, 0.05) is 164 Å². The van der Waals surface area contributed by atoms with Gasteiger partial charge < -0.3 is 189 Å². The second-order valence-corrected chi connectivity index (χ2v) is 29.5. The molecule has 118 heavy (non-hydrogen) atoms. The summed E-state index contributed by atoms with van der Waals surface area (Å²) >= 11 is 0. The number of benzene rings is 1. The fraction of sp³-hybridized carbons (Fsp3) is 0.923. The van der Waals surface area contributed by atoms with E-state index in [1.807, 2.05) is 30.3 Å². The third-order valence-corrected chi connectivity index (χ3v) is 23.1. The van der Waals surface area contributed by atoms with Crippen LogP contribution in [0.4, 0.5) is 0 Å². The Kier molecular flexibility index (Phi) is 40.2. The average Bonchev–Trinajstić information content (AvgIpc) is 0.758. The van der Waals surface area contributed by atoms with Gasteiger partial charge in [0.25, 0.3) is 0 Å². The quantitative estimate of drug-likeness (QED) is 0.0867. The first-order valence-corrected chi connectivity index (χ1v) is 39.5. The Morgan fingerprint density at radius 3 is 0.458 bits per heavy atom. The highest BCUT2D eigenvalue weighted by Crippen LogP contribution is 2.44. The summed E-state index contributed by atoms with van der Waals surface area (Å²) in [5.41, 5.74) is 0.889. The normalized spacial score (nSPS) is 44.3. The van der Waals surface area contributed by atoms with Crippen LogP contribution >= 0.6 is 0 Å². The molecule has 40 heteroatoms. The first-order valence-electron chi connectivity index (χ1n) is 39.5. The lowest BCUT2D eigenvalue weighted by Gasteiger charge is -2.53. The van der Waals surface area contributed by atoms with Crippen molar-refractivity contribution in [2.24, 2.45) is 0 Å². The van der Waals surface area contributed by atoms with Crippen LogP contribution in [0.5, 0.6) is 0 Å². The summed E-state index contributed by atoms with van der Waals surface area (Å²) < 4.78 is 263. The summed E-state index contributed by atoms with van der Waals surface area (Å²) in [6.45, 7) is -0.379. The molecular formula is C78H132O40. The topological polar surface area (TPSA) is 369 Å². The minimum atomic E-state index is -1.29. The molecule has 0 unspecified atom stereocenters. The SMILES string of the molecule is COC[C@H]1O[C@@H]2O[C@H]3[C@H](OC)[C@@H](OC)[C@@H](O[C@H]4[C@H](OC)[C@@H](OC)[C@@H](O[C@H]5[C@H](OC)[C@@H](OC)[C@@H](O[C@H]6[C@H](OC)[C@@H](OC)[C@@H](O[C@H]7[C@H](OC)[C@@H](OC)[C@@H](O[C@H]8[C@H](OC)[C@@H](OC)[C@@H](O[C@H]9[C@H](OC)[C@@H](OC)[C@@H](O[C@H]1[C@H](OC)[C@H]2OC)O[C@@H]9COC)O[C@@H]8COC)O[C@@H]7COC)O[C@@H]6COCc1ccccc1)O[C@@H]5COC)O[C@@H]4COC)O[C@@H]3COC. The highest BCUT2D eigenvalue weighted by atomic mass is 16.8. The van der Waals surface area contributed by atoms with Crippen LogP contribution in [0.15, 0.2) is 30.3 Å². The highest BCUT2D eigenvalue weighted by molar-refractivity contribution is 5.14. The minimum Gasteiger partial charge on any atom is -0.382 e. The van der Waals surface area contributed by atoms with Crippen LogP contribution in [0.25, 0.3) is 0 Å². The van der Waals surface area contributed by atoms with Crippen molar-refractivity contribution in [2.45, 2.75) is 252 Å². The van der Waals surface area contributed by atoms with Crippen molar-refractivity contribution in [3.63, 3.8) is 0 Å². The monoisotopic (exact) mass is 1710 g/mol. The van der Waals surface area contributed by atoms with Crippen LogP contribution in [0.1, 0.15) is 5.56 Å². The molecule has 0 spiro atoms. The van der Waals surface area contributed by atoms with E-state index in [1.54, 1.807) is 0 Å². The molecule has 16 bridgehead atoms. The number of ether oxygens (including phenoxy) is 40. The van der Waals surface area contributed by atoms with Gasteiger partial charge in [0.2, 0.25) is 0 Å². The zero-order valence-corrected chi connectivity index (χ0v) is 72.2. The summed E-state index contributed by atoms with van der Waals surface area (Å²) in [6.07, 6.45) is -42.9. The Hall–Kier alpha value is -2.38. The van der Waals surface area contributed by atoms with Crippen LogP contribution < -0.4 is 0 Å². The van der Waals surface area contributed by atoms with E-state index in [4.69, 9.17) is 189 Å². The molecule has 0 aromatic heterocycles. The van der Waals surface area contributed by atoms with Gasteiger partial charge in [-0.05, 0) is 5.56 Å². The Bertz CT molecular complexity index is 2860. The van der Waals surface area contributed by atoms with Crippen LogP contribution in [0.3, 0.4) is 0 Å². The summed E-state index contributed by atoms with van der Waals surface area (Å²) in [7, 11) is 34.7. The second-order valence-electron chi connectivity index (χ2n) is 29.5. The molecule has 30 saturated heterocycles. The molecule has 30 aliphatic rings. The van der Waals surface area contributed by atoms with E-state index >= 15 is 0 Å². The molecule has 1 aromatic carbocycles. The third-order valence-electron chi connectivity index (χ3n) is 23.1. The highest BCUT2D eigenvalue weighted by Gasteiger charge is 2.63. The molecule has 40 atom stereocenters. The number of methoxy groups -OCH3 is 23. The number of hydrogen-bond acceptors (Lipinski definition) is 40. The predicted octanol–water partition coefficient (Wildman–Crippen LogP) is -0.138. The molecule has 0 saturated carbocycles. The fourth-order valence-electron chi connectivity index (χ4n) is 17.7. The van der Waals surface area contributed by atoms with E-state index in [2.05, 4.69) is 0 Å². The zero-order chi connectivity index (χ0) is 84.9. The largest absolute Gasteiger partial charge is 0.382 e. The standard InChI is InChI=1S/C78H132O40/c1-79-30-39-47-55(86-8)63(94-16)71(103-39)112-48-40(31-80-2)105-73(65(96-18)56(48)87-9)114-50-42(33-82-4)107-75(67(98-20)58(50)89-11)116-52-44(35-84-6)109-77(69(100-22)60(52)91-13)118-54-46(37-102-29-38-27-25-24-26-28-38)110-78(70(101-23)62(54)93-15)117-53-45(36-85-7)108-76(68(99-21)61(53)92-14)115-51-43(34-83-5)106-74(66(97-19)59(51)90-12)113-49-41(32-81-3)104-72(111-47)64(95-17)57(49)88-10/h24-28,39-78H,29-37H2,1-23H3/t39-,40-,41-,42-,43-,44-,45-,46-,47-,48-,49-,50-,51-,52-,53-,54-,55+,56+,57+,58+,59+,60+,61+,62+,63-,64-,65-,66-,67-,68-,69-,70-,71-,72-,73-,74-,75-,76-,77-,78-/m1/s1. The fourth-order valence-corrected chi connectivity index (χ4v) is 17.7. The molecule has 0 aliphatic carbocycles. The summed E-state index contributed by atoms with van der Waals surface area (Å²) in [6, 6.07) is 9.65. The molecule has 30 aliphatic heterocycles. The second kappa shape index (κ2) is 48.5.